The van der Waals surface area contributed by atoms with Crippen molar-refractivity contribution in [3.05, 3.63) is 53.2 Å². The first-order valence-corrected chi connectivity index (χ1v) is 12.7. The van der Waals surface area contributed by atoms with Crippen molar-refractivity contribution >= 4 is 46.5 Å². The van der Waals surface area contributed by atoms with E-state index in [1.165, 1.54) is 33.8 Å². The van der Waals surface area contributed by atoms with Crippen molar-refractivity contribution in [3.63, 3.8) is 0 Å². The van der Waals surface area contributed by atoms with Crippen LogP contribution in [0.15, 0.2) is 36.2 Å². The lowest BCUT2D eigenvalue weighted by atomic mass is 10.2. The number of fused-ring (bicyclic) bond motifs is 2. The van der Waals surface area contributed by atoms with E-state index in [-0.39, 0.29) is 29.0 Å². The van der Waals surface area contributed by atoms with Crippen molar-refractivity contribution in [3.8, 4) is 11.6 Å². The standard InChI is InChI=1S/C27H26FN7O5/c1-13-9-16-17(30-13)7-8-19(22(16)28)39-20-11-21(34(15-5-6-15)26(38)40-27(2,3)4)35-23(32-20)14(12-29-35)10-18-24(36)33-25(37)31-18/h7-12,15,30H,5-6H2,1-4H3,(H2,31,33,36,37)/b18-10-. The van der Waals surface area contributed by atoms with Crippen LogP contribution in [0.4, 0.5) is 19.8 Å². The van der Waals surface area contributed by atoms with Crippen LogP contribution in [0.1, 0.15) is 44.9 Å². The number of imide groups is 1. The molecule has 0 spiro atoms. The van der Waals surface area contributed by atoms with Gasteiger partial charge in [-0.1, -0.05) is 0 Å². The molecule has 2 fully saturated rings. The highest BCUT2D eigenvalue weighted by Crippen LogP contribution is 2.37. The molecule has 13 heteroatoms. The van der Waals surface area contributed by atoms with Gasteiger partial charge in [-0.2, -0.15) is 14.6 Å². The van der Waals surface area contributed by atoms with E-state index >= 15 is 4.39 Å². The van der Waals surface area contributed by atoms with E-state index in [0.29, 0.717) is 22.3 Å². The first-order valence-electron chi connectivity index (χ1n) is 12.7. The summed E-state index contributed by atoms with van der Waals surface area (Å²) >= 11 is 0. The number of ether oxygens (including phenoxy) is 2. The molecule has 0 unspecified atom stereocenters. The van der Waals surface area contributed by atoms with Gasteiger partial charge in [-0.15, -0.1) is 0 Å². The highest BCUT2D eigenvalue weighted by molar-refractivity contribution is 6.14. The normalized spacial score (nSPS) is 16.5. The molecule has 4 amide bonds. The van der Waals surface area contributed by atoms with Crippen LogP contribution in [-0.4, -0.2) is 49.3 Å². The molecule has 1 saturated carbocycles. The van der Waals surface area contributed by atoms with Crippen LogP contribution in [0.3, 0.4) is 0 Å². The summed E-state index contributed by atoms with van der Waals surface area (Å²) in [6.07, 6.45) is 3.77. The summed E-state index contributed by atoms with van der Waals surface area (Å²) < 4.78 is 28.4. The lowest BCUT2D eigenvalue weighted by Crippen LogP contribution is -2.39. The van der Waals surface area contributed by atoms with Gasteiger partial charge in [0.05, 0.1) is 6.20 Å². The third-order valence-corrected chi connectivity index (χ3v) is 6.28. The Morgan fingerprint density at radius 3 is 2.65 bits per heavy atom. The maximum absolute atomic E-state index is 15.4. The molecule has 12 nitrogen and oxygen atoms in total. The molecule has 6 rings (SSSR count). The highest BCUT2D eigenvalue weighted by Gasteiger charge is 2.38. The van der Waals surface area contributed by atoms with Gasteiger partial charge in [0.2, 0.25) is 5.88 Å². The molecule has 1 aliphatic heterocycles. The summed E-state index contributed by atoms with van der Waals surface area (Å²) in [5, 5.41) is 9.33. The summed E-state index contributed by atoms with van der Waals surface area (Å²) in [7, 11) is 0. The number of anilines is 1. The van der Waals surface area contributed by atoms with E-state index in [1.807, 2.05) is 6.92 Å². The smallest absolute Gasteiger partial charge is 0.416 e. The minimum Gasteiger partial charge on any atom is -0.443 e. The van der Waals surface area contributed by atoms with Gasteiger partial charge >= 0.3 is 12.1 Å². The molecule has 1 saturated heterocycles. The summed E-state index contributed by atoms with van der Waals surface area (Å²) in [4.78, 5) is 46.2. The molecule has 40 heavy (non-hydrogen) atoms. The summed E-state index contributed by atoms with van der Waals surface area (Å²) in [6, 6.07) is 5.57. The fraction of sp³-hybridized carbons (Fsp3) is 0.296. The van der Waals surface area contributed by atoms with Gasteiger partial charge in [0.1, 0.15) is 17.1 Å². The molecule has 2 aliphatic rings. The van der Waals surface area contributed by atoms with Crippen molar-refractivity contribution in [1.82, 2.24) is 30.2 Å². The number of carbonyl (C=O) groups is 3. The Bertz CT molecular complexity index is 1750. The Balaban J connectivity index is 1.49. The number of halogens is 1. The van der Waals surface area contributed by atoms with Gasteiger partial charge in [-0.3, -0.25) is 15.0 Å². The van der Waals surface area contributed by atoms with Gasteiger partial charge in [0.15, 0.2) is 17.2 Å². The lowest BCUT2D eigenvalue weighted by molar-refractivity contribution is -0.115. The minimum absolute atomic E-state index is 0.0000800. The minimum atomic E-state index is -0.753. The second-order valence-corrected chi connectivity index (χ2v) is 10.7. The Morgan fingerprint density at radius 1 is 1.20 bits per heavy atom. The molecule has 3 aromatic heterocycles. The zero-order valence-electron chi connectivity index (χ0n) is 22.2. The SMILES string of the molecule is Cc1cc2c(F)c(Oc3cc(N(C(=O)OC(C)(C)C)C4CC4)n4ncc(/C=C5\NC(=O)NC5=O)c4n3)ccc2[nH]1. The number of nitrogens with one attached hydrogen (secondary N) is 3. The monoisotopic (exact) mass is 547 g/mol. The summed E-state index contributed by atoms with van der Waals surface area (Å²) in [5.74, 6) is -0.964. The zero-order chi connectivity index (χ0) is 28.3. The topological polar surface area (TPSA) is 143 Å². The molecule has 4 aromatic rings. The number of aryl methyl sites for hydroxylation is 1. The first-order chi connectivity index (χ1) is 19.0. The van der Waals surface area contributed by atoms with Crippen molar-refractivity contribution < 1.29 is 28.2 Å². The Hall–Kier alpha value is -4.94. The van der Waals surface area contributed by atoms with Crippen LogP contribution in [0.25, 0.3) is 22.6 Å². The molecular weight excluding hydrogens is 521 g/mol. The first kappa shape index (κ1) is 25.3. The molecule has 1 aromatic carbocycles. The average molecular weight is 548 g/mol. The van der Waals surface area contributed by atoms with E-state index in [1.54, 1.807) is 32.9 Å². The number of aromatic amines is 1. The third kappa shape index (κ3) is 4.70. The molecule has 1 aliphatic carbocycles. The maximum atomic E-state index is 15.4. The Kier molecular flexibility index (Phi) is 5.75. The van der Waals surface area contributed by atoms with E-state index < -0.39 is 29.4 Å². The largest absolute Gasteiger partial charge is 0.443 e. The van der Waals surface area contributed by atoms with Crippen molar-refractivity contribution in [2.75, 3.05) is 4.90 Å². The van der Waals surface area contributed by atoms with Crippen LogP contribution in [-0.2, 0) is 9.53 Å². The summed E-state index contributed by atoms with van der Waals surface area (Å²) in [6.45, 7) is 7.14. The molecule has 206 valence electrons. The van der Waals surface area contributed by atoms with E-state index in [9.17, 15) is 14.4 Å². The van der Waals surface area contributed by atoms with Gasteiger partial charge < -0.3 is 19.8 Å². The van der Waals surface area contributed by atoms with Gasteiger partial charge in [-0.25, -0.2) is 14.0 Å². The number of hydrogen-bond donors (Lipinski definition) is 3. The predicted molar refractivity (Wildman–Crippen MR) is 142 cm³/mol. The number of urea groups is 1. The van der Waals surface area contributed by atoms with Gasteiger partial charge in [0.25, 0.3) is 5.91 Å². The number of rotatable bonds is 5. The fourth-order valence-corrected chi connectivity index (χ4v) is 4.46. The molecule has 0 atom stereocenters. The molecule has 0 bridgehead atoms. The van der Waals surface area contributed by atoms with Crippen LogP contribution in [0, 0.1) is 12.7 Å². The number of amides is 4. The highest BCUT2D eigenvalue weighted by atomic mass is 19.1. The number of benzene rings is 1. The van der Waals surface area contributed by atoms with E-state index in [2.05, 4.69) is 25.7 Å². The molecule has 3 N–H and O–H groups in total. The molecule has 0 radical (unpaired) electrons. The van der Waals surface area contributed by atoms with Gasteiger partial charge in [-0.05, 0) is 64.8 Å². The van der Waals surface area contributed by atoms with Crippen molar-refractivity contribution in [1.29, 1.82) is 0 Å². The number of hydrogen-bond acceptors (Lipinski definition) is 7. The van der Waals surface area contributed by atoms with E-state index in [0.717, 1.165) is 18.5 Å². The van der Waals surface area contributed by atoms with Crippen LogP contribution in [0.5, 0.6) is 11.6 Å². The van der Waals surface area contributed by atoms with Crippen molar-refractivity contribution in [2.45, 2.75) is 52.2 Å². The second kappa shape index (κ2) is 9.07. The molecular formula is C27H26FN7O5. The van der Waals surface area contributed by atoms with Gasteiger partial charge in [0, 0.05) is 34.3 Å². The second-order valence-electron chi connectivity index (χ2n) is 10.7. The third-order valence-electron chi connectivity index (χ3n) is 6.28. The Morgan fingerprint density at radius 2 is 1.98 bits per heavy atom. The van der Waals surface area contributed by atoms with Crippen LogP contribution in [0.2, 0.25) is 0 Å². The average Bonchev–Trinajstić information content (AvgIpc) is 3.36. The number of aromatic nitrogens is 4. The molecule has 4 heterocycles. The van der Waals surface area contributed by atoms with E-state index in [4.69, 9.17) is 9.47 Å². The van der Waals surface area contributed by atoms with Crippen molar-refractivity contribution in [2.24, 2.45) is 0 Å². The number of H-pyrrole nitrogens is 1. The Labute approximate surface area is 227 Å². The number of carbonyl (C=O) groups excluding carboxylic acids is 3. The quantitative estimate of drug-likeness (QED) is 0.246. The predicted octanol–water partition coefficient (Wildman–Crippen LogP) is 4.53. The van der Waals surface area contributed by atoms with Crippen LogP contribution < -0.4 is 20.3 Å². The number of nitrogens with zero attached hydrogens (tertiary/aromatic N) is 4. The zero-order valence-corrected chi connectivity index (χ0v) is 22.2. The lowest BCUT2D eigenvalue weighted by Gasteiger charge is -2.27. The summed E-state index contributed by atoms with van der Waals surface area (Å²) in [5.41, 5.74) is 1.23. The maximum Gasteiger partial charge on any atom is 0.416 e. The van der Waals surface area contributed by atoms with Crippen LogP contribution >= 0.6 is 0 Å². The fourth-order valence-electron chi connectivity index (χ4n) is 4.46.